The Labute approximate surface area is 325 Å². The molecule has 2 heteroatoms. The number of anilines is 3. The van der Waals surface area contributed by atoms with Gasteiger partial charge in [0.05, 0.1) is 0 Å². The number of fused-ring (bicyclic) bond motifs is 7. The Morgan fingerprint density at radius 2 is 0.786 bits per heavy atom. The SMILES string of the molecule is c1cc(-c2ccc(N(c3ccc(-c4ccc5c(ccc6ccccc65)c4)cc3)c3ccc4c(c3)oc3ccccc34)cc2)cc(-c2cccc3ccccc23)c1. The van der Waals surface area contributed by atoms with Crippen molar-refractivity contribution in [2.24, 2.45) is 0 Å². The third kappa shape index (κ3) is 5.51. The molecule has 0 unspecified atom stereocenters. The van der Waals surface area contributed by atoms with Gasteiger partial charge in [0.15, 0.2) is 0 Å². The molecule has 0 fully saturated rings. The molecule has 11 rings (SSSR count). The molecular formula is C54H35NO. The van der Waals surface area contributed by atoms with E-state index in [2.05, 4.69) is 205 Å². The average molecular weight is 714 g/mol. The minimum atomic E-state index is 0.871. The summed E-state index contributed by atoms with van der Waals surface area (Å²) in [7, 11) is 0. The Morgan fingerprint density at radius 1 is 0.268 bits per heavy atom. The van der Waals surface area contributed by atoms with Crippen LogP contribution >= 0.6 is 0 Å². The highest BCUT2D eigenvalue weighted by Gasteiger charge is 2.17. The lowest BCUT2D eigenvalue weighted by Crippen LogP contribution is -2.09. The van der Waals surface area contributed by atoms with Gasteiger partial charge in [-0.25, -0.2) is 0 Å². The van der Waals surface area contributed by atoms with Crippen LogP contribution in [-0.2, 0) is 0 Å². The van der Waals surface area contributed by atoms with Gasteiger partial charge in [-0.05, 0) is 120 Å². The van der Waals surface area contributed by atoms with Crippen molar-refractivity contribution in [1.82, 2.24) is 0 Å². The first-order chi connectivity index (χ1) is 27.7. The van der Waals surface area contributed by atoms with Crippen molar-refractivity contribution in [2.75, 3.05) is 4.90 Å². The summed E-state index contributed by atoms with van der Waals surface area (Å²) in [6.45, 7) is 0. The van der Waals surface area contributed by atoms with E-state index in [1.54, 1.807) is 0 Å². The molecule has 0 N–H and O–H groups in total. The predicted octanol–water partition coefficient (Wildman–Crippen LogP) is 15.5. The first-order valence-corrected chi connectivity index (χ1v) is 19.2. The molecule has 11 aromatic rings. The fourth-order valence-electron chi connectivity index (χ4n) is 8.44. The van der Waals surface area contributed by atoms with Crippen LogP contribution in [0.2, 0.25) is 0 Å². The summed E-state index contributed by atoms with van der Waals surface area (Å²) in [6.07, 6.45) is 0. The molecule has 2 nitrogen and oxygen atoms in total. The van der Waals surface area contributed by atoms with E-state index in [1.807, 2.05) is 12.1 Å². The Bertz CT molecular complexity index is 3240. The van der Waals surface area contributed by atoms with E-state index in [-0.39, 0.29) is 0 Å². The van der Waals surface area contributed by atoms with Crippen LogP contribution in [0.1, 0.15) is 0 Å². The maximum Gasteiger partial charge on any atom is 0.137 e. The van der Waals surface area contributed by atoms with Gasteiger partial charge in [0, 0.05) is 33.9 Å². The van der Waals surface area contributed by atoms with Crippen LogP contribution in [0, 0.1) is 0 Å². The fourth-order valence-corrected chi connectivity index (χ4v) is 8.44. The lowest BCUT2D eigenvalue weighted by Gasteiger charge is -2.26. The van der Waals surface area contributed by atoms with E-state index in [1.165, 1.54) is 65.7 Å². The zero-order chi connectivity index (χ0) is 37.0. The number of nitrogens with zero attached hydrogens (tertiary/aromatic N) is 1. The zero-order valence-electron chi connectivity index (χ0n) is 30.6. The van der Waals surface area contributed by atoms with Gasteiger partial charge in [0.2, 0.25) is 0 Å². The molecule has 0 amide bonds. The van der Waals surface area contributed by atoms with Gasteiger partial charge < -0.3 is 9.32 Å². The summed E-state index contributed by atoms with van der Waals surface area (Å²) in [4.78, 5) is 2.32. The van der Waals surface area contributed by atoms with E-state index >= 15 is 0 Å². The van der Waals surface area contributed by atoms with Crippen molar-refractivity contribution < 1.29 is 4.42 Å². The summed E-state index contributed by atoms with van der Waals surface area (Å²) in [5, 5.41) is 9.83. The molecule has 10 aromatic carbocycles. The van der Waals surface area contributed by atoms with Crippen LogP contribution in [0.25, 0.3) is 87.6 Å². The molecule has 1 heterocycles. The van der Waals surface area contributed by atoms with Crippen molar-refractivity contribution in [3.05, 3.63) is 212 Å². The highest BCUT2D eigenvalue weighted by atomic mass is 16.3. The number of hydrogen-bond donors (Lipinski definition) is 0. The number of hydrogen-bond acceptors (Lipinski definition) is 2. The van der Waals surface area contributed by atoms with Crippen molar-refractivity contribution in [3.8, 4) is 33.4 Å². The van der Waals surface area contributed by atoms with E-state index in [4.69, 9.17) is 4.42 Å². The van der Waals surface area contributed by atoms with Crippen LogP contribution < -0.4 is 4.90 Å². The quantitative estimate of drug-likeness (QED) is 0.160. The maximum atomic E-state index is 6.38. The molecule has 0 saturated heterocycles. The third-order valence-electron chi connectivity index (χ3n) is 11.2. The van der Waals surface area contributed by atoms with E-state index in [9.17, 15) is 0 Å². The van der Waals surface area contributed by atoms with Crippen LogP contribution in [0.15, 0.2) is 217 Å². The Kier molecular flexibility index (Phi) is 7.53. The highest BCUT2D eigenvalue weighted by molar-refractivity contribution is 6.09. The zero-order valence-corrected chi connectivity index (χ0v) is 30.6. The minimum Gasteiger partial charge on any atom is -0.456 e. The molecule has 262 valence electrons. The Morgan fingerprint density at radius 3 is 1.57 bits per heavy atom. The molecule has 0 saturated carbocycles. The van der Waals surface area contributed by atoms with Crippen LogP contribution in [0.3, 0.4) is 0 Å². The van der Waals surface area contributed by atoms with Gasteiger partial charge in [-0.15, -0.1) is 0 Å². The second kappa shape index (κ2) is 13.2. The summed E-state index contributed by atoms with van der Waals surface area (Å²) in [6, 6.07) is 76.5. The van der Waals surface area contributed by atoms with Crippen molar-refractivity contribution in [1.29, 1.82) is 0 Å². The van der Waals surface area contributed by atoms with Gasteiger partial charge in [0.25, 0.3) is 0 Å². The first kappa shape index (κ1) is 32.0. The molecular weight excluding hydrogens is 679 g/mol. The number of furan rings is 1. The largest absolute Gasteiger partial charge is 0.456 e. The van der Waals surface area contributed by atoms with Gasteiger partial charge in [-0.3, -0.25) is 0 Å². The minimum absolute atomic E-state index is 0.871. The number of para-hydroxylation sites is 1. The number of rotatable bonds is 6. The molecule has 1 aromatic heterocycles. The average Bonchev–Trinajstić information content (AvgIpc) is 3.64. The first-order valence-electron chi connectivity index (χ1n) is 19.2. The Hall–Kier alpha value is -7.42. The lowest BCUT2D eigenvalue weighted by atomic mass is 9.95. The second-order valence-electron chi connectivity index (χ2n) is 14.5. The normalized spacial score (nSPS) is 11.6. The molecule has 0 atom stereocenters. The van der Waals surface area contributed by atoms with Crippen LogP contribution in [-0.4, -0.2) is 0 Å². The highest BCUT2D eigenvalue weighted by Crippen LogP contribution is 2.41. The molecule has 0 aliphatic heterocycles. The second-order valence-corrected chi connectivity index (χ2v) is 14.5. The van der Waals surface area contributed by atoms with Crippen molar-refractivity contribution in [2.45, 2.75) is 0 Å². The van der Waals surface area contributed by atoms with E-state index < -0.39 is 0 Å². The lowest BCUT2D eigenvalue weighted by molar-refractivity contribution is 0.669. The summed E-state index contributed by atoms with van der Waals surface area (Å²) in [5.74, 6) is 0. The summed E-state index contributed by atoms with van der Waals surface area (Å²) in [5.41, 5.74) is 12.1. The molecule has 0 spiro atoms. The van der Waals surface area contributed by atoms with E-state index in [0.29, 0.717) is 0 Å². The summed E-state index contributed by atoms with van der Waals surface area (Å²) >= 11 is 0. The van der Waals surface area contributed by atoms with Crippen LogP contribution in [0.5, 0.6) is 0 Å². The topological polar surface area (TPSA) is 16.4 Å². The third-order valence-corrected chi connectivity index (χ3v) is 11.2. The van der Waals surface area contributed by atoms with Gasteiger partial charge >= 0.3 is 0 Å². The van der Waals surface area contributed by atoms with Gasteiger partial charge in [-0.1, -0.05) is 152 Å². The van der Waals surface area contributed by atoms with Gasteiger partial charge in [-0.2, -0.15) is 0 Å². The Balaban J connectivity index is 0.977. The van der Waals surface area contributed by atoms with Crippen molar-refractivity contribution >= 4 is 71.3 Å². The van der Waals surface area contributed by atoms with Crippen LogP contribution in [0.4, 0.5) is 17.1 Å². The summed E-state index contributed by atoms with van der Waals surface area (Å²) < 4.78 is 6.38. The monoisotopic (exact) mass is 713 g/mol. The molecule has 56 heavy (non-hydrogen) atoms. The molecule has 0 aliphatic carbocycles. The fraction of sp³-hybridized carbons (Fsp3) is 0. The maximum absolute atomic E-state index is 6.38. The molecule has 0 aliphatic rings. The van der Waals surface area contributed by atoms with E-state index in [0.717, 1.165) is 39.0 Å². The standard InChI is InChI=1S/C54H35NO/c1-3-14-47-38(9-1)11-8-17-49(47)42-13-7-12-40(33-42)36-21-26-44(27-22-36)55(46-30-32-52-51-16-5-6-18-53(51)56-54(52)35-46)45-28-23-37(24-29-45)41-25-31-50-43(34-41)20-19-39-10-2-4-15-48(39)50/h1-35H. The molecule has 0 bridgehead atoms. The number of benzene rings is 10. The van der Waals surface area contributed by atoms with Gasteiger partial charge in [0.1, 0.15) is 11.2 Å². The van der Waals surface area contributed by atoms with Crippen molar-refractivity contribution in [3.63, 3.8) is 0 Å². The smallest absolute Gasteiger partial charge is 0.137 e. The predicted molar refractivity (Wildman–Crippen MR) is 237 cm³/mol. The molecule has 0 radical (unpaired) electrons.